The van der Waals surface area contributed by atoms with E-state index in [0.717, 1.165) is 15.3 Å². The lowest BCUT2D eigenvalue weighted by molar-refractivity contribution is 0.360. The first-order chi connectivity index (χ1) is 8.49. The van der Waals surface area contributed by atoms with Gasteiger partial charge in [0.2, 0.25) is 11.7 Å². The van der Waals surface area contributed by atoms with Gasteiger partial charge >= 0.3 is 5.69 Å². The van der Waals surface area contributed by atoms with Gasteiger partial charge in [-0.15, -0.1) is 11.3 Å². The number of aryl methyl sites for hydroxylation is 2. The van der Waals surface area contributed by atoms with Gasteiger partial charge in [-0.05, 0) is 6.92 Å². The number of aromatic nitrogens is 3. The fourth-order valence-electron chi connectivity index (χ4n) is 1.49. The summed E-state index contributed by atoms with van der Waals surface area (Å²) in [6, 6.07) is 0. The van der Waals surface area contributed by atoms with E-state index < -0.39 is 22.9 Å². The zero-order valence-corrected chi connectivity index (χ0v) is 10.3. The number of rotatable bonds is 3. The van der Waals surface area contributed by atoms with Gasteiger partial charge in [-0.25, -0.2) is 9.78 Å². The first kappa shape index (κ1) is 12.5. The third-order valence-corrected chi connectivity index (χ3v) is 3.20. The quantitative estimate of drug-likeness (QED) is 0.845. The summed E-state index contributed by atoms with van der Waals surface area (Å²) in [6.07, 6.45) is 0.364. The topological polar surface area (TPSA) is 88.0 Å². The maximum absolute atomic E-state index is 13.1. The number of nitrogens with one attached hydrogen (secondary N) is 1. The fourth-order valence-corrected chi connectivity index (χ4v) is 2.14. The zero-order valence-electron chi connectivity index (χ0n) is 9.44. The molecule has 96 valence electrons. The Kier molecular flexibility index (Phi) is 3.28. The maximum Gasteiger partial charge on any atom is 0.331 e. The molecule has 0 saturated heterocycles. The minimum absolute atomic E-state index is 0.0432. The van der Waals surface area contributed by atoms with E-state index in [9.17, 15) is 19.1 Å². The Morgan fingerprint density at radius 1 is 1.56 bits per heavy atom. The predicted octanol–water partition coefficient (Wildman–Crippen LogP) is 0.389. The van der Waals surface area contributed by atoms with Crippen LogP contribution in [0.3, 0.4) is 0 Å². The van der Waals surface area contributed by atoms with Crippen molar-refractivity contribution in [1.82, 2.24) is 14.5 Å². The Labute approximate surface area is 104 Å². The third-order valence-electron chi connectivity index (χ3n) is 2.38. The molecule has 8 heteroatoms. The van der Waals surface area contributed by atoms with Gasteiger partial charge in [0.05, 0.1) is 10.7 Å². The van der Waals surface area contributed by atoms with E-state index in [-0.39, 0.29) is 6.54 Å². The first-order valence-corrected chi connectivity index (χ1v) is 5.99. The molecule has 6 nitrogen and oxygen atoms in total. The second-order valence-electron chi connectivity index (χ2n) is 3.66. The van der Waals surface area contributed by atoms with E-state index >= 15 is 0 Å². The van der Waals surface area contributed by atoms with Crippen molar-refractivity contribution in [3.63, 3.8) is 0 Å². The standard InChI is InChI=1S/C10H10FN3O3S/c1-5-12-6(4-18-5)2-3-14-9(16)7(11)8(15)13-10(14)17/h4,16H,2-3H2,1H3,(H,13,15,17). The molecule has 18 heavy (non-hydrogen) atoms. The van der Waals surface area contributed by atoms with Crippen LogP contribution in [0.2, 0.25) is 0 Å². The average molecular weight is 271 g/mol. The van der Waals surface area contributed by atoms with Gasteiger partial charge in [0.25, 0.3) is 5.56 Å². The lowest BCUT2D eigenvalue weighted by Crippen LogP contribution is -2.32. The Morgan fingerprint density at radius 3 is 2.89 bits per heavy atom. The Hall–Kier alpha value is -1.96. The Bertz CT molecular complexity index is 688. The molecular formula is C10H10FN3O3S. The molecule has 0 fully saturated rings. The highest BCUT2D eigenvalue weighted by atomic mass is 32.1. The van der Waals surface area contributed by atoms with Gasteiger partial charge in [0, 0.05) is 18.3 Å². The molecule has 2 heterocycles. The van der Waals surface area contributed by atoms with E-state index in [0.29, 0.717) is 6.42 Å². The summed E-state index contributed by atoms with van der Waals surface area (Å²) in [5.41, 5.74) is -1.32. The van der Waals surface area contributed by atoms with E-state index in [4.69, 9.17) is 0 Å². The molecule has 0 bridgehead atoms. The number of H-pyrrole nitrogens is 1. The van der Waals surface area contributed by atoms with Gasteiger partial charge in [-0.1, -0.05) is 0 Å². The lowest BCUT2D eigenvalue weighted by Gasteiger charge is -2.06. The average Bonchev–Trinajstić information content (AvgIpc) is 2.72. The summed E-state index contributed by atoms with van der Waals surface area (Å²) in [7, 11) is 0. The van der Waals surface area contributed by atoms with Gasteiger partial charge < -0.3 is 5.11 Å². The molecule has 0 aliphatic heterocycles. The van der Waals surface area contributed by atoms with Gasteiger partial charge in [0.15, 0.2) is 0 Å². The van der Waals surface area contributed by atoms with E-state index in [2.05, 4.69) is 4.98 Å². The van der Waals surface area contributed by atoms with E-state index in [1.54, 1.807) is 4.98 Å². The van der Waals surface area contributed by atoms with Crippen molar-refractivity contribution in [3.05, 3.63) is 42.7 Å². The van der Waals surface area contributed by atoms with Crippen LogP contribution in [0, 0.1) is 12.7 Å². The molecule has 0 aromatic carbocycles. The smallest absolute Gasteiger partial charge is 0.331 e. The van der Waals surface area contributed by atoms with Crippen LogP contribution in [0.1, 0.15) is 10.7 Å². The normalized spacial score (nSPS) is 10.8. The van der Waals surface area contributed by atoms with Crippen molar-refractivity contribution in [2.24, 2.45) is 0 Å². The van der Waals surface area contributed by atoms with Crippen molar-refractivity contribution < 1.29 is 9.50 Å². The maximum atomic E-state index is 13.1. The van der Waals surface area contributed by atoms with Crippen LogP contribution in [0.15, 0.2) is 15.0 Å². The number of hydrogen-bond donors (Lipinski definition) is 2. The van der Waals surface area contributed by atoms with Crippen molar-refractivity contribution in [1.29, 1.82) is 0 Å². The summed E-state index contributed by atoms with van der Waals surface area (Å²) in [4.78, 5) is 28.2. The number of halogens is 1. The molecule has 0 aliphatic rings. The fraction of sp³-hybridized carbons (Fsp3) is 0.300. The summed E-state index contributed by atoms with van der Waals surface area (Å²) in [5.74, 6) is -2.31. The van der Waals surface area contributed by atoms with Crippen molar-refractivity contribution >= 4 is 11.3 Å². The van der Waals surface area contributed by atoms with Gasteiger partial charge in [-0.3, -0.25) is 14.3 Å². The van der Waals surface area contributed by atoms with Crippen LogP contribution in [-0.2, 0) is 13.0 Å². The molecule has 2 aromatic heterocycles. The van der Waals surface area contributed by atoms with Crippen molar-refractivity contribution in [2.75, 3.05) is 0 Å². The van der Waals surface area contributed by atoms with Gasteiger partial charge in [0.1, 0.15) is 0 Å². The SMILES string of the molecule is Cc1nc(CCn2c(O)c(F)c(=O)[nH]c2=O)cs1. The number of hydrogen-bond acceptors (Lipinski definition) is 5. The molecule has 2 N–H and O–H groups in total. The highest BCUT2D eigenvalue weighted by molar-refractivity contribution is 7.09. The van der Waals surface area contributed by atoms with Crippen LogP contribution >= 0.6 is 11.3 Å². The molecule has 0 radical (unpaired) electrons. The van der Waals surface area contributed by atoms with Crippen LogP contribution in [0.25, 0.3) is 0 Å². The van der Waals surface area contributed by atoms with Crippen molar-refractivity contribution in [2.45, 2.75) is 19.9 Å². The van der Waals surface area contributed by atoms with Crippen LogP contribution in [0.5, 0.6) is 5.88 Å². The van der Waals surface area contributed by atoms with E-state index in [1.807, 2.05) is 12.3 Å². The second-order valence-corrected chi connectivity index (χ2v) is 4.72. The van der Waals surface area contributed by atoms with Crippen LogP contribution in [-0.4, -0.2) is 19.6 Å². The molecule has 2 aromatic rings. The molecular weight excluding hydrogens is 261 g/mol. The van der Waals surface area contributed by atoms with E-state index in [1.165, 1.54) is 11.3 Å². The lowest BCUT2D eigenvalue weighted by atomic mass is 10.3. The number of thiazole rings is 1. The van der Waals surface area contributed by atoms with Crippen molar-refractivity contribution in [3.8, 4) is 5.88 Å². The molecule has 2 rings (SSSR count). The predicted molar refractivity (Wildman–Crippen MR) is 63.5 cm³/mol. The molecule has 0 saturated carbocycles. The minimum Gasteiger partial charge on any atom is -0.492 e. The number of aromatic amines is 1. The van der Waals surface area contributed by atoms with Crippen LogP contribution < -0.4 is 11.2 Å². The summed E-state index contributed by atoms with van der Waals surface area (Å²) < 4.78 is 13.9. The molecule has 0 unspecified atom stereocenters. The third kappa shape index (κ3) is 2.33. The van der Waals surface area contributed by atoms with Crippen LogP contribution in [0.4, 0.5) is 4.39 Å². The minimum atomic E-state index is -1.36. The molecule has 0 aliphatic carbocycles. The number of aromatic hydroxyl groups is 1. The Morgan fingerprint density at radius 2 is 2.28 bits per heavy atom. The van der Waals surface area contributed by atoms with Gasteiger partial charge in [-0.2, -0.15) is 4.39 Å². The number of nitrogens with zero attached hydrogens (tertiary/aromatic N) is 2. The molecule has 0 amide bonds. The highest BCUT2D eigenvalue weighted by Crippen LogP contribution is 2.11. The Balaban J connectivity index is 2.27. The summed E-state index contributed by atoms with van der Waals surface area (Å²) in [6.45, 7) is 1.89. The summed E-state index contributed by atoms with van der Waals surface area (Å²) in [5, 5.41) is 12.1. The molecule has 0 spiro atoms. The second kappa shape index (κ2) is 4.73. The zero-order chi connectivity index (χ0) is 13.3. The highest BCUT2D eigenvalue weighted by Gasteiger charge is 2.13. The molecule has 0 atom stereocenters. The monoisotopic (exact) mass is 271 g/mol. The summed E-state index contributed by atoms with van der Waals surface area (Å²) >= 11 is 1.46. The first-order valence-electron chi connectivity index (χ1n) is 5.11. The largest absolute Gasteiger partial charge is 0.492 e.